The fourth-order valence-corrected chi connectivity index (χ4v) is 2.61. The summed E-state index contributed by atoms with van der Waals surface area (Å²) in [6.07, 6.45) is 9.87. The highest BCUT2D eigenvalue weighted by atomic mass is 16.5. The molecule has 0 heterocycles. The van der Waals surface area contributed by atoms with Gasteiger partial charge in [-0.2, -0.15) is 0 Å². The lowest BCUT2D eigenvalue weighted by Gasteiger charge is -2.25. The summed E-state index contributed by atoms with van der Waals surface area (Å²) in [5.41, 5.74) is 1.42. The van der Waals surface area contributed by atoms with E-state index in [0.29, 0.717) is 12.2 Å². The van der Waals surface area contributed by atoms with Crippen molar-refractivity contribution in [3.8, 4) is 0 Å². The van der Waals surface area contributed by atoms with Gasteiger partial charge < -0.3 is 4.74 Å². The molecule has 0 amide bonds. The van der Waals surface area contributed by atoms with Gasteiger partial charge in [0.05, 0.1) is 12.2 Å². The monoisotopic (exact) mass is 232 g/mol. The molecule has 0 spiro atoms. The first kappa shape index (κ1) is 12.6. The largest absolute Gasteiger partial charge is 0.375 e. The van der Waals surface area contributed by atoms with Crippen molar-refractivity contribution in [2.75, 3.05) is 0 Å². The predicted molar refractivity (Wildman–Crippen MR) is 72.2 cm³/mol. The fraction of sp³-hybridized carbons (Fsp3) is 0.625. The second-order valence-electron chi connectivity index (χ2n) is 5.23. The van der Waals surface area contributed by atoms with Crippen molar-refractivity contribution in [3.63, 3.8) is 0 Å². The molecule has 1 aliphatic rings. The van der Waals surface area contributed by atoms with E-state index in [2.05, 4.69) is 37.3 Å². The van der Waals surface area contributed by atoms with Gasteiger partial charge in [-0.15, -0.1) is 0 Å². The van der Waals surface area contributed by atoms with Gasteiger partial charge in [0.2, 0.25) is 0 Å². The molecule has 1 aromatic carbocycles. The van der Waals surface area contributed by atoms with Gasteiger partial charge in [-0.3, -0.25) is 0 Å². The van der Waals surface area contributed by atoms with Crippen molar-refractivity contribution in [2.45, 2.75) is 64.1 Å². The average Bonchev–Trinajstić information content (AvgIpc) is 2.39. The van der Waals surface area contributed by atoms with Gasteiger partial charge in [0.25, 0.3) is 0 Å². The van der Waals surface area contributed by atoms with Crippen molar-refractivity contribution in [1.29, 1.82) is 0 Å². The van der Waals surface area contributed by atoms with Crippen molar-refractivity contribution in [2.24, 2.45) is 0 Å². The van der Waals surface area contributed by atoms with Crippen LogP contribution in [-0.2, 0) is 11.2 Å². The Bertz CT molecular complexity index is 301. The number of rotatable bonds is 5. The SMILES string of the molecule is CC(CCc1ccccc1)OC1CCCCC1. The smallest absolute Gasteiger partial charge is 0.0578 e. The molecule has 0 N–H and O–H groups in total. The van der Waals surface area contributed by atoms with E-state index in [0.717, 1.165) is 12.8 Å². The van der Waals surface area contributed by atoms with Crippen LogP contribution in [0.5, 0.6) is 0 Å². The van der Waals surface area contributed by atoms with Crippen LogP contribution in [0.4, 0.5) is 0 Å². The van der Waals surface area contributed by atoms with Crippen LogP contribution in [-0.4, -0.2) is 12.2 Å². The van der Waals surface area contributed by atoms with E-state index in [4.69, 9.17) is 4.74 Å². The summed E-state index contributed by atoms with van der Waals surface area (Å²) in [4.78, 5) is 0. The van der Waals surface area contributed by atoms with Crippen molar-refractivity contribution in [1.82, 2.24) is 0 Å². The van der Waals surface area contributed by atoms with Gasteiger partial charge in [-0.25, -0.2) is 0 Å². The van der Waals surface area contributed by atoms with Gasteiger partial charge >= 0.3 is 0 Å². The fourth-order valence-electron chi connectivity index (χ4n) is 2.61. The Morgan fingerprint density at radius 2 is 1.82 bits per heavy atom. The molecule has 1 unspecified atom stereocenters. The number of hydrogen-bond donors (Lipinski definition) is 0. The van der Waals surface area contributed by atoms with Gasteiger partial charge in [0.1, 0.15) is 0 Å². The summed E-state index contributed by atoms with van der Waals surface area (Å²) in [7, 11) is 0. The Morgan fingerprint density at radius 1 is 1.12 bits per heavy atom. The molecular weight excluding hydrogens is 208 g/mol. The van der Waals surface area contributed by atoms with Crippen LogP contribution in [0.1, 0.15) is 51.0 Å². The molecular formula is C16H24O. The minimum atomic E-state index is 0.401. The molecule has 17 heavy (non-hydrogen) atoms. The molecule has 1 saturated carbocycles. The molecule has 2 rings (SSSR count). The predicted octanol–water partition coefficient (Wildman–Crippen LogP) is 4.36. The maximum Gasteiger partial charge on any atom is 0.0578 e. The molecule has 0 radical (unpaired) electrons. The molecule has 1 atom stereocenters. The highest BCUT2D eigenvalue weighted by molar-refractivity contribution is 5.14. The Hall–Kier alpha value is -0.820. The lowest BCUT2D eigenvalue weighted by molar-refractivity contribution is -0.0239. The second-order valence-corrected chi connectivity index (χ2v) is 5.23. The van der Waals surface area contributed by atoms with E-state index in [1.807, 2.05) is 0 Å². The van der Waals surface area contributed by atoms with E-state index >= 15 is 0 Å². The molecule has 1 nitrogen and oxygen atoms in total. The zero-order valence-corrected chi connectivity index (χ0v) is 10.9. The minimum Gasteiger partial charge on any atom is -0.375 e. The third-order valence-corrected chi connectivity index (χ3v) is 3.66. The van der Waals surface area contributed by atoms with Gasteiger partial charge in [-0.1, -0.05) is 49.6 Å². The molecule has 1 fully saturated rings. The molecule has 1 heteroatoms. The van der Waals surface area contributed by atoms with E-state index in [1.54, 1.807) is 0 Å². The first-order valence-electron chi connectivity index (χ1n) is 7.04. The molecule has 1 aliphatic carbocycles. The van der Waals surface area contributed by atoms with Crippen LogP contribution in [0.15, 0.2) is 30.3 Å². The van der Waals surface area contributed by atoms with Gasteiger partial charge in [-0.05, 0) is 38.2 Å². The Balaban J connectivity index is 1.68. The third kappa shape index (κ3) is 4.51. The molecule has 0 bridgehead atoms. The third-order valence-electron chi connectivity index (χ3n) is 3.66. The van der Waals surface area contributed by atoms with E-state index in [-0.39, 0.29) is 0 Å². The van der Waals surface area contributed by atoms with Crippen molar-refractivity contribution < 1.29 is 4.74 Å². The highest BCUT2D eigenvalue weighted by Gasteiger charge is 2.16. The Morgan fingerprint density at radius 3 is 2.53 bits per heavy atom. The summed E-state index contributed by atoms with van der Waals surface area (Å²) in [5.74, 6) is 0. The zero-order valence-electron chi connectivity index (χ0n) is 10.9. The van der Waals surface area contributed by atoms with Gasteiger partial charge in [0.15, 0.2) is 0 Å². The molecule has 0 aromatic heterocycles. The molecule has 0 aliphatic heterocycles. The number of benzene rings is 1. The minimum absolute atomic E-state index is 0.401. The maximum absolute atomic E-state index is 6.11. The number of ether oxygens (including phenoxy) is 1. The second kappa shape index (κ2) is 6.80. The summed E-state index contributed by atoms with van der Waals surface area (Å²) < 4.78 is 6.11. The summed E-state index contributed by atoms with van der Waals surface area (Å²) in [5, 5.41) is 0. The van der Waals surface area contributed by atoms with Crippen LogP contribution in [0.3, 0.4) is 0 Å². The lowest BCUT2D eigenvalue weighted by Crippen LogP contribution is -2.22. The first-order valence-corrected chi connectivity index (χ1v) is 7.04. The van der Waals surface area contributed by atoms with E-state index in [1.165, 1.54) is 37.7 Å². The first-order chi connectivity index (χ1) is 8.34. The summed E-state index contributed by atoms with van der Waals surface area (Å²) in [6, 6.07) is 10.7. The van der Waals surface area contributed by atoms with Crippen molar-refractivity contribution >= 4 is 0 Å². The number of aryl methyl sites for hydroxylation is 1. The van der Waals surface area contributed by atoms with Crippen LogP contribution >= 0.6 is 0 Å². The quantitative estimate of drug-likeness (QED) is 0.733. The topological polar surface area (TPSA) is 9.23 Å². The van der Waals surface area contributed by atoms with Gasteiger partial charge in [0, 0.05) is 0 Å². The van der Waals surface area contributed by atoms with E-state index < -0.39 is 0 Å². The zero-order chi connectivity index (χ0) is 11.9. The molecule has 1 aromatic rings. The maximum atomic E-state index is 6.11. The Labute approximate surface area is 105 Å². The van der Waals surface area contributed by atoms with Crippen LogP contribution in [0.25, 0.3) is 0 Å². The Kier molecular flexibility index (Phi) is 5.06. The van der Waals surface area contributed by atoms with Crippen molar-refractivity contribution in [3.05, 3.63) is 35.9 Å². The highest BCUT2D eigenvalue weighted by Crippen LogP contribution is 2.22. The summed E-state index contributed by atoms with van der Waals surface area (Å²) >= 11 is 0. The summed E-state index contributed by atoms with van der Waals surface area (Å²) in [6.45, 7) is 2.22. The molecule has 0 saturated heterocycles. The van der Waals surface area contributed by atoms with Crippen LogP contribution < -0.4 is 0 Å². The van der Waals surface area contributed by atoms with Crippen LogP contribution in [0, 0.1) is 0 Å². The molecule has 94 valence electrons. The van der Waals surface area contributed by atoms with E-state index in [9.17, 15) is 0 Å². The standard InChI is InChI=1S/C16H24O/c1-14(17-16-10-6-3-7-11-16)12-13-15-8-4-2-5-9-15/h2,4-5,8-9,14,16H,3,6-7,10-13H2,1H3. The van der Waals surface area contributed by atoms with Crippen LogP contribution in [0.2, 0.25) is 0 Å². The average molecular weight is 232 g/mol. The number of hydrogen-bond acceptors (Lipinski definition) is 1. The normalized spacial score (nSPS) is 19.1. The lowest BCUT2D eigenvalue weighted by atomic mass is 9.97.